The quantitative estimate of drug-likeness (QED) is 0.387. The molecule has 0 saturated carbocycles. The van der Waals surface area contributed by atoms with Gasteiger partial charge < -0.3 is 9.84 Å². The van der Waals surface area contributed by atoms with Gasteiger partial charge >= 0.3 is 0 Å². The Morgan fingerprint density at radius 3 is 2.76 bits per heavy atom. The van der Waals surface area contributed by atoms with Crippen molar-refractivity contribution in [3.8, 4) is 16.3 Å². The number of hydrogen-bond donors (Lipinski definition) is 1. The number of pyridine rings is 1. The molecule has 5 rings (SSSR count). The lowest BCUT2D eigenvalue weighted by molar-refractivity contribution is 0.0932. The number of nitrogens with zero attached hydrogens (tertiary/aromatic N) is 8. The zero-order valence-corrected chi connectivity index (χ0v) is 18.9. The molecule has 5 heterocycles. The summed E-state index contributed by atoms with van der Waals surface area (Å²) in [5.74, 6) is -0.469. The molecule has 14 heteroatoms. The van der Waals surface area contributed by atoms with Crippen LogP contribution in [0.5, 0.6) is 0 Å². The van der Waals surface area contributed by atoms with Crippen LogP contribution in [0.3, 0.4) is 0 Å². The van der Waals surface area contributed by atoms with E-state index in [0.29, 0.717) is 17.2 Å². The van der Waals surface area contributed by atoms with E-state index in [4.69, 9.17) is 4.52 Å². The summed E-state index contributed by atoms with van der Waals surface area (Å²) in [6, 6.07) is 4.72. The summed E-state index contributed by atoms with van der Waals surface area (Å²) in [4.78, 5) is 23.7. The number of imidazole rings is 1. The fourth-order valence-electron chi connectivity index (χ4n) is 3.44. The van der Waals surface area contributed by atoms with E-state index in [1.165, 1.54) is 6.07 Å². The highest BCUT2D eigenvalue weighted by molar-refractivity contribution is 7.15. The van der Waals surface area contributed by atoms with E-state index >= 15 is 0 Å². The van der Waals surface area contributed by atoms with E-state index in [1.807, 2.05) is 19.1 Å². The number of aromatic nitrogens is 8. The van der Waals surface area contributed by atoms with Crippen molar-refractivity contribution in [2.24, 2.45) is 0 Å². The highest BCUT2D eigenvalue weighted by Crippen LogP contribution is 2.31. The van der Waals surface area contributed by atoms with Crippen molar-refractivity contribution in [1.82, 2.24) is 45.0 Å². The summed E-state index contributed by atoms with van der Waals surface area (Å²) < 4.78 is 34.8. The molecular weight excluding hydrogens is 468 g/mol. The third kappa shape index (κ3) is 3.81. The molecule has 5 aromatic heterocycles. The first-order valence-electron chi connectivity index (χ1n) is 10.1. The molecule has 1 atom stereocenters. The number of halogens is 2. The van der Waals surface area contributed by atoms with E-state index in [-0.39, 0.29) is 17.1 Å². The maximum Gasteiger partial charge on any atom is 0.299 e. The van der Waals surface area contributed by atoms with E-state index in [0.717, 1.165) is 14.4 Å². The molecule has 0 fully saturated rings. The van der Waals surface area contributed by atoms with Gasteiger partial charge in [0.2, 0.25) is 11.7 Å². The molecule has 11 nitrogen and oxygen atoms in total. The molecule has 5 aromatic rings. The lowest BCUT2D eigenvalue weighted by Crippen LogP contribution is -2.27. The third-order valence-electron chi connectivity index (χ3n) is 5.02. The van der Waals surface area contributed by atoms with Gasteiger partial charge in [-0.1, -0.05) is 5.16 Å². The molecule has 0 saturated heterocycles. The molecule has 1 amide bonds. The predicted molar refractivity (Wildman–Crippen MR) is 116 cm³/mol. The minimum Gasteiger partial charge on any atom is -0.340 e. The van der Waals surface area contributed by atoms with Gasteiger partial charge in [0.05, 0.1) is 22.3 Å². The van der Waals surface area contributed by atoms with E-state index < -0.39 is 24.2 Å². The Morgan fingerprint density at radius 1 is 1.26 bits per heavy atom. The molecule has 34 heavy (non-hydrogen) atoms. The van der Waals surface area contributed by atoms with Gasteiger partial charge in [-0.25, -0.2) is 13.8 Å². The second kappa shape index (κ2) is 8.37. The summed E-state index contributed by atoms with van der Waals surface area (Å²) in [7, 11) is 0. The van der Waals surface area contributed by atoms with Gasteiger partial charge in [0.25, 0.3) is 12.3 Å². The minimum atomic E-state index is -2.93. The van der Waals surface area contributed by atoms with Crippen molar-refractivity contribution in [2.45, 2.75) is 33.2 Å². The first-order chi connectivity index (χ1) is 16.3. The van der Waals surface area contributed by atoms with Crippen LogP contribution in [0.2, 0.25) is 0 Å². The van der Waals surface area contributed by atoms with Crippen LogP contribution in [-0.4, -0.2) is 45.6 Å². The van der Waals surface area contributed by atoms with E-state index in [9.17, 15) is 13.6 Å². The van der Waals surface area contributed by atoms with Crippen LogP contribution in [0.4, 0.5) is 8.78 Å². The van der Waals surface area contributed by atoms with Gasteiger partial charge in [-0.15, -0.1) is 16.4 Å². The maximum atomic E-state index is 13.5. The van der Waals surface area contributed by atoms with Gasteiger partial charge in [0.1, 0.15) is 11.7 Å². The highest BCUT2D eigenvalue weighted by Gasteiger charge is 2.24. The number of hydrogen-bond acceptors (Lipinski definition) is 9. The van der Waals surface area contributed by atoms with Crippen LogP contribution in [0, 0.1) is 13.8 Å². The van der Waals surface area contributed by atoms with Crippen LogP contribution < -0.4 is 5.32 Å². The van der Waals surface area contributed by atoms with Crippen molar-refractivity contribution in [2.75, 3.05) is 0 Å². The lowest BCUT2D eigenvalue weighted by Gasteiger charge is -2.13. The Hall–Kier alpha value is -4.07. The lowest BCUT2D eigenvalue weighted by atomic mass is 10.2. The number of amides is 1. The first-order valence-corrected chi connectivity index (χ1v) is 10.9. The summed E-state index contributed by atoms with van der Waals surface area (Å²) in [5, 5.41) is 17.0. The number of rotatable bonds is 6. The Morgan fingerprint density at radius 2 is 2.09 bits per heavy atom. The van der Waals surface area contributed by atoms with Crippen LogP contribution in [0.25, 0.3) is 21.9 Å². The van der Waals surface area contributed by atoms with Crippen molar-refractivity contribution >= 4 is 22.9 Å². The number of carbonyl (C=O) groups is 1. The number of nitrogens with one attached hydrogen (secondary N) is 1. The zero-order chi connectivity index (χ0) is 24.0. The Kier molecular flexibility index (Phi) is 5.36. The summed E-state index contributed by atoms with van der Waals surface area (Å²) in [6.07, 6.45) is 0.272. The number of aryl methyl sites for hydroxylation is 2. The number of tetrazole rings is 1. The largest absolute Gasteiger partial charge is 0.340 e. The third-order valence-corrected chi connectivity index (χ3v) is 6.04. The van der Waals surface area contributed by atoms with Crippen LogP contribution >= 0.6 is 11.3 Å². The monoisotopic (exact) mass is 485 g/mol. The minimum absolute atomic E-state index is 0.133. The average molecular weight is 485 g/mol. The second-order valence-electron chi connectivity index (χ2n) is 7.49. The Bertz CT molecular complexity index is 1500. The standard InChI is InChI=1S/C20H17F2N9O2S/c1-9-4-5-15(34-9)14-7-23-17-13(31-18(16(21)22)26-28-29-31)6-12(8-30(14)17)19(32)24-10(2)20-25-11(3)27-33-20/h4-8,10,16H,1-3H3,(H,24,32)/t10-/m0/s1. The van der Waals surface area contributed by atoms with E-state index in [2.05, 4.69) is 36.0 Å². The highest BCUT2D eigenvalue weighted by atomic mass is 32.1. The molecule has 0 spiro atoms. The molecule has 0 aliphatic rings. The van der Waals surface area contributed by atoms with Gasteiger partial charge in [0.15, 0.2) is 11.5 Å². The first kappa shape index (κ1) is 21.8. The van der Waals surface area contributed by atoms with Crippen LogP contribution in [0.15, 0.2) is 35.1 Å². The van der Waals surface area contributed by atoms with Crippen molar-refractivity contribution in [3.63, 3.8) is 0 Å². The molecule has 0 radical (unpaired) electrons. The van der Waals surface area contributed by atoms with Crippen molar-refractivity contribution < 1.29 is 18.1 Å². The van der Waals surface area contributed by atoms with Gasteiger partial charge in [-0.3, -0.25) is 9.20 Å². The summed E-state index contributed by atoms with van der Waals surface area (Å²) in [6.45, 7) is 5.33. The number of fused-ring (bicyclic) bond motifs is 1. The Balaban J connectivity index is 1.64. The Labute approximate surface area is 194 Å². The SMILES string of the molecule is Cc1noc([C@H](C)NC(=O)c2cc(-n3nnnc3C(F)F)c3ncc(-c4ccc(C)s4)n3c2)n1. The van der Waals surface area contributed by atoms with E-state index in [1.54, 1.807) is 42.0 Å². The van der Waals surface area contributed by atoms with Gasteiger partial charge in [0, 0.05) is 11.1 Å². The summed E-state index contributed by atoms with van der Waals surface area (Å²) >= 11 is 1.54. The molecule has 174 valence electrons. The maximum absolute atomic E-state index is 13.5. The molecular formula is C20H17F2N9O2S. The molecule has 0 bridgehead atoms. The molecule has 0 aromatic carbocycles. The average Bonchev–Trinajstić information content (AvgIpc) is 3.59. The van der Waals surface area contributed by atoms with Gasteiger partial charge in [-0.2, -0.15) is 9.67 Å². The fraction of sp³-hybridized carbons (Fsp3) is 0.250. The number of alkyl halides is 2. The molecule has 0 unspecified atom stereocenters. The van der Waals surface area contributed by atoms with Crippen molar-refractivity contribution in [1.29, 1.82) is 0 Å². The predicted octanol–water partition coefficient (Wildman–Crippen LogP) is 3.47. The number of thiophene rings is 1. The van der Waals surface area contributed by atoms with Crippen LogP contribution in [-0.2, 0) is 0 Å². The van der Waals surface area contributed by atoms with Crippen molar-refractivity contribution in [3.05, 3.63) is 58.6 Å². The topological polar surface area (TPSA) is 129 Å². The smallest absolute Gasteiger partial charge is 0.299 e. The van der Waals surface area contributed by atoms with Crippen LogP contribution in [0.1, 0.15) is 52.2 Å². The molecule has 1 N–H and O–H groups in total. The molecule has 0 aliphatic heterocycles. The second-order valence-corrected chi connectivity index (χ2v) is 8.77. The molecule has 0 aliphatic carbocycles. The van der Waals surface area contributed by atoms with Gasteiger partial charge in [-0.05, 0) is 49.4 Å². The summed E-state index contributed by atoms with van der Waals surface area (Å²) in [5.41, 5.74) is 1.31. The fourth-order valence-corrected chi connectivity index (χ4v) is 4.31. The number of carbonyl (C=O) groups excluding carboxylic acids is 1. The zero-order valence-electron chi connectivity index (χ0n) is 18.1. The normalized spacial score (nSPS) is 12.5.